The molecule has 0 amide bonds. The third-order valence-electron chi connectivity index (χ3n) is 3.34. The van der Waals surface area contributed by atoms with Gasteiger partial charge in [0.1, 0.15) is 4.21 Å². The minimum absolute atomic E-state index is 0.164. The Labute approximate surface area is 157 Å². The van der Waals surface area contributed by atoms with Gasteiger partial charge < -0.3 is 10.6 Å². The number of primary sulfonamides is 1. The summed E-state index contributed by atoms with van der Waals surface area (Å²) in [5.41, 5.74) is 0. The van der Waals surface area contributed by atoms with Crippen LogP contribution in [0.2, 0.25) is 0 Å². The molecule has 1 unspecified atom stereocenters. The second kappa shape index (κ2) is 8.79. The number of guanidine groups is 1. The maximum atomic E-state index is 11.3. The summed E-state index contributed by atoms with van der Waals surface area (Å²) in [7, 11) is -3.64. The highest BCUT2D eigenvalue weighted by Gasteiger charge is 2.12. The summed E-state index contributed by atoms with van der Waals surface area (Å²) in [6.07, 6.45) is 0.928. The van der Waals surface area contributed by atoms with E-state index in [2.05, 4.69) is 41.6 Å². The van der Waals surface area contributed by atoms with Crippen molar-refractivity contribution in [3.8, 4) is 0 Å². The van der Waals surface area contributed by atoms with Crippen molar-refractivity contribution in [2.45, 2.75) is 44.0 Å². The number of nitrogens with two attached hydrogens (primary N) is 1. The monoisotopic (exact) mass is 400 g/mol. The number of nitrogens with one attached hydrogen (secondary N) is 2. The number of thiophene rings is 2. The largest absolute Gasteiger partial charge is 0.357 e. The molecule has 138 valence electrons. The first-order chi connectivity index (χ1) is 11.8. The number of aliphatic imine (C=N–C) groups is 1. The molecule has 2 aromatic heterocycles. The first-order valence-electron chi connectivity index (χ1n) is 7.99. The lowest BCUT2D eigenvalue weighted by Gasteiger charge is -2.17. The van der Waals surface area contributed by atoms with Gasteiger partial charge in [0.05, 0.1) is 6.54 Å². The first-order valence-corrected chi connectivity index (χ1v) is 11.2. The van der Waals surface area contributed by atoms with E-state index in [1.807, 2.05) is 6.92 Å². The molecule has 9 heteroatoms. The topological polar surface area (TPSA) is 96.6 Å². The van der Waals surface area contributed by atoms with Gasteiger partial charge in [0.2, 0.25) is 10.0 Å². The molecule has 0 aliphatic carbocycles. The average Bonchev–Trinajstić information content (AvgIpc) is 3.13. The van der Waals surface area contributed by atoms with Crippen molar-refractivity contribution in [2.24, 2.45) is 10.1 Å². The Morgan fingerprint density at radius 3 is 2.52 bits per heavy atom. The van der Waals surface area contributed by atoms with Crippen LogP contribution in [0, 0.1) is 6.92 Å². The molecule has 1 atom stereocenters. The molecule has 6 nitrogen and oxygen atoms in total. The predicted molar refractivity (Wildman–Crippen MR) is 106 cm³/mol. The maximum absolute atomic E-state index is 11.3. The first kappa shape index (κ1) is 19.9. The number of hydrogen-bond acceptors (Lipinski definition) is 5. The van der Waals surface area contributed by atoms with E-state index >= 15 is 0 Å². The van der Waals surface area contributed by atoms with Crippen LogP contribution < -0.4 is 15.8 Å². The minimum Gasteiger partial charge on any atom is -0.357 e. The standard InChI is InChI=1S/C16H24N4O2S3/c1-4-18-16(20-11(2)9-13-6-5-12(3)23-13)19-10-14-7-8-15(24-14)25(17,21)22/h5-8,11H,4,9-10H2,1-3H3,(H2,17,21,22)(H2,18,19,20). The van der Waals surface area contributed by atoms with Gasteiger partial charge in [0.25, 0.3) is 0 Å². The fourth-order valence-corrected chi connectivity index (χ4v) is 4.98. The van der Waals surface area contributed by atoms with Gasteiger partial charge in [-0.2, -0.15) is 0 Å². The maximum Gasteiger partial charge on any atom is 0.247 e. The number of rotatable bonds is 7. The van der Waals surface area contributed by atoms with E-state index in [1.165, 1.54) is 15.8 Å². The lowest BCUT2D eigenvalue weighted by Crippen LogP contribution is -2.43. The Morgan fingerprint density at radius 2 is 1.96 bits per heavy atom. The Kier molecular flexibility index (Phi) is 7.00. The molecule has 0 aliphatic heterocycles. The molecule has 2 aromatic rings. The molecule has 0 radical (unpaired) electrons. The van der Waals surface area contributed by atoms with Gasteiger partial charge in [0, 0.05) is 33.6 Å². The predicted octanol–water partition coefficient (Wildman–Crippen LogP) is 2.45. The van der Waals surface area contributed by atoms with E-state index in [-0.39, 0.29) is 10.3 Å². The van der Waals surface area contributed by atoms with Crippen molar-refractivity contribution in [2.75, 3.05) is 6.54 Å². The lowest BCUT2D eigenvalue weighted by molar-refractivity contribution is 0.600. The van der Waals surface area contributed by atoms with Gasteiger partial charge in [-0.25, -0.2) is 18.5 Å². The number of nitrogens with zero attached hydrogens (tertiary/aromatic N) is 1. The molecule has 0 saturated heterocycles. The molecule has 0 saturated carbocycles. The van der Waals surface area contributed by atoms with Crippen LogP contribution in [0.5, 0.6) is 0 Å². The molecular formula is C16H24N4O2S3. The normalized spacial score (nSPS) is 13.7. The molecular weight excluding hydrogens is 376 g/mol. The van der Waals surface area contributed by atoms with Gasteiger partial charge in [0.15, 0.2) is 5.96 Å². The molecule has 0 aliphatic rings. The molecule has 0 bridgehead atoms. The minimum atomic E-state index is -3.64. The summed E-state index contributed by atoms with van der Waals surface area (Å²) in [5.74, 6) is 0.717. The zero-order chi connectivity index (χ0) is 18.4. The van der Waals surface area contributed by atoms with Crippen LogP contribution in [0.25, 0.3) is 0 Å². The van der Waals surface area contributed by atoms with Gasteiger partial charge in [-0.05, 0) is 45.0 Å². The second-order valence-corrected chi connectivity index (χ2v) is 10.1. The number of hydrogen-bond donors (Lipinski definition) is 3. The molecule has 25 heavy (non-hydrogen) atoms. The van der Waals surface area contributed by atoms with Crippen molar-refractivity contribution >= 4 is 38.7 Å². The van der Waals surface area contributed by atoms with E-state index in [1.54, 1.807) is 17.4 Å². The fourth-order valence-electron chi connectivity index (χ4n) is 2.25. The van der Waals surface area contributed by atoms with E-state index < -0.39 is 10.0 Å². The summed E-state index contributed by atoms with van der Waals surface area (Å²) in [5, 5.41) is 11.7. The summed E-state index contributed by atoms with van der Waals surface area (Å²) < 4.78 is 22.8. The smallest absolute Gasteiger partial charge is 0.247 e. The van der Waals surface area contributed by atoms with Crippen LogP contribution in [0.4, 0.5) is 0 Å². The number of sulfonamides is 1. The second-order valence-electron chi connectivity index (χ2n) is 5.72. The van der Waals surface area contributed by atoms with Crippen molar-refractivity contribution < 1.29 is 8.42 Å². The lowest BCUT2D eigenvalue weighted by atomic mass is 10.2. The van der Waals surface area contributed by atoms with E-state index in [9.17, 15) is 8.42 Å². The molecule has 2 heterocycles. The highest BCUT2D eigenvalue weighted by atomic mass is 32.2. The van der Waals surface area contributed by atoms with Crippen molar-refractivity contribution in [3.63, 3.8) is 0 Å². The van der Waals surface area contributed by atoms with Crippen LogP contribution in [-0.4, -0.2) is 27.0 Å². The SMILES string of the molecule is CCNC(=NCc1ccc(S(N)(=O)=O)s1)NC(C)Cc1ccc(C)s1. The molecule has 4 N–H and O–H groups in total. The van der Waals surface area contributed by atoms with Gasteiger partial charge in [-0.15, -0.1) is 22.7 Å². The van der Waals surface area contributed by atoms with Crippen LogP contribution in [0.3, 0.4) is 0 Å². The van der Waals surface area contributed by atoms with Crippen molar-refractivity contribution in [1.29, 1.82) is 0 Å². The molecule has 0 spiro atoms. The Balaban J connectivity index is 1.98. The van der Waals surface area contributed by atoms with Crippen LogP contribution >= 0.6 is 22.7 Å². The van der Waals surface area contributed by atoms with E-state index in [4.69, 9.17) is 5.14 Å². The van der Waals surface area contributed by atoms with Crippen molar-refractivity contribution in [3.05, 3.63) is 38.9 Å². The van der Waals surface area contributed by atoms with Gasteiger partial charge >= 0.3 is 0 Å². The third kappa shape index (κ3) is 6.43. The summed E-state index contributed by atoms with van der Waals surface area (Å²) in [6.45, 7) is 7.39. The summed E-state index contributed by atoms with van der Waals surface area (Å²) in [6, 6.07) is 7.79. The highest BCUT2D eigenvalue weighted by molar-refractivity contribution is 7.91. The third-order valence-corrected chi connectivity index (χ3v) is 6.87. The molecule has 0 aromatic carbocycles. The van der Waals surface area contributed by atoms with Gasteiger partial charge in [-0.3, -0.25) is 0 Å². The Bertz CT molecular complexity index is 824. The van der Waals surface area contributed by atoms with Crippen molar-refractivity contribution in [1.82, 2.24) is 10.6 Å². The van der Waals surface area contributed by atoms with E-state index in [0.29, 0.717) is 12.5 Å². The quantitative estimate of drug-likeness (QED) is 0.491. The Morgan fingerprint density at radius 1 is 1.24 bits per heavy atom. The van der Waals surface area contributed by atoms with E-state index in [0.717, 1.165) is 29.2 Å². The zero-order valence-corrected chi connectivity index (χ0v) is 17.0. The number of aryl methyl sites for hydroxylation is 1. The highest BCUT2D eigenvalue weighted by Crippen LogP contribution is 2.21. The summed E-state index contributed by atoms with van der Waals surface area (Å²) >= 11 is 2.95. The van der Waals surface area contributed by atoms with Gasteiger partial charge in [-0.1, -0.05) is 0 Å². The Hall–Kier alpha value is -1.42. The van der Waals surface area contributed by atoms with Crippen LogP contribution in [0.15, 0.2) is 33.5 Å². The molecule has 0 fully saturated rings. The fraction of sp³-hybridized carbons (Fsp3) is 0.438. The summed E-state index contributed by atoms with van der Waals surface area (Å²) in [4.78, 5) is 8.04. The zero-order valence-electron chi connectivity index (χ0n) is 14.6. The average molecular weight is 401 g/mol. The molecule has 2 rings (SSSR count). The van der Waals surface area contributed by atoms with Crippen LogP contribution in [0.1, 0.15) is 28.5 Å². The van der Waals surface area contributed by atoms with Crippen LogP contribution in [-0.2, 0) is 23.0 Å².